The molecule has 1 unspecified atom stereocenters. The lowest BCUT2D eigenvalue weighted by molar-refractivity contribution is -0.147. The molecule has 3 atom stereocenters. The second-order valence-electron chi connectivity index (χ2n) is 5.65. The summed E-state index contributed by atoms with van der Waals surface area (Å²) >= 11 is 0. The number of amides is 1. The van der Waals surface area contributed by atoms with Gasteiger partial charge in [-0.15, -0.1) is 0 Å². The lowest BCUT2D eigenvalue weighted by Crippen LogP contribution is -2.49. The maximum Gasteiger partial charge on any atom is 0.326 e. The number of carbonyl (C=O) groups is 2. The molecular formula is C15H27NO4. The molecule has 0 saturated heterocycles. The maximum atomic E-state index is 12.2. The largest absolute Gasteiger partial charge is 0.480 e. The molecule has 0 heterocycles. The van der Waals surface area contributed by atoms with Crippen LogP contribution in [-0.2, 0) is 14.3 Å². The fraction of sp³-hybridized carbons (Fsp3) is 0.867. The Bertz CT molecular complexity index is 326. The van der Waals surface area contributed by atoms with Crippen LogP contribution < -0.4 is 5.32 Å². The van der Waals surface area contributed by atoms with E-state index in [4.69, 9.17) is 4.74 Å². The summed E-state index contributed by atoms with van der Waals surface area (Å²) in [4.78, 5) is 23.4. The molecule has 20 heavy (non-hydrogen) atoms. The van der Waals surface area contributed by atoms with Gasteiger partial charge in [0.1, 0.15) is 12.1 Å². The van der Waals surface area contributed by atoms with E-state index in [2.05, 4.69) is 5.32 Å². The van der Waals surface area contributed by atoms with Crippen LogP contribution in [-0.4, -0.2) is 35.2 Å². The Morgan fingerprint density at radius 2 is 1.85 bits per heavy atom. The van der Waals surface area contributed by atoms with Crippen LogP contribution in [0.5, 0.6) is 0 Å². The molecule has 0 aromatic heterocycles. The summed E-state index contributed by atoms with van der Waals surface area (Å²) < 4.78 is 5.81. The highest BCUT2D eigenvalue weighted by atomic mass is 16.5. The fourth-order valence-electron chi connectivity index (χ4n) is 2.53. The first-order valence-electron chi connectivity index (χ1n) is 7.68. The number of hydrogen-bond acceptors (Lipinski definition) is 3. The first-order chi connectivity index (χ1) is 9.49. The fourth-order valence-corrected chi connectivity index (χ4v) is 2.53. The minimum absolute atomic E-state index is 0.0968. The Morgan fingerprint density at radius 1 is 1.25 bits per heavy atom. The molecule has 1 fully saturated rings. The molecule has 0 radical (unpaired) electrons. The van der Waals surface area contributed by atoms with Gasteiger partial charge >= 0.3 is 5.97 Å². The number of carboxylic acids is 1. The molecular weight excluding hydrogens is 258 g/mol. The minimum atomic E-state index is -0.983. The molecule has 1 saturated carbocycles. The Labute approximate surface area is 121 Å². The van der Waals surface area contributed by atoms with Gasteiger partial charge in [-0.1, -0.05) is 40.0 Å². The van der Waals surface area contributed by atoms with Crippen LogP contribution in [0.15, 0.2) is 0 Å². The van der Waals surface area contributed by atoms with Crippen molar-refractivity contribution in [3.05, 3.63) is 0 Å². The van der Waals surface area contributed by atoms with Crippen LogP contribution in [0.3, 0.4) is 0 Å². The van der Waals surface area contributed by atoms with Crippen LogP contribution in [0.2, 0.25) is 0 Å². The van der Waals surface area contributed by atoms with E-state index in [1.54, 1.807) is 0 Å². The quantitative estimate of drug-likeness (QED) is 0.717. The zero-order valence-corrected chi connectivity index (χ0v) is 12.7. The van der Waals surface area contributed by atoms with E-state index in [9.17, 15) is 14.7 Å². The number of rotatable bonds is 8. The van der Waals surface area contributed by atoms with E-state index in [0.29, 0.717) is 12.8 Å². The van der Waals surface area contributed by atoms with E-state index in [-0.39, 0.29) is 17.9 Å². The number of hydrogen-bond donors (Lipinski definition) is 2. The van der Waals surface area contributed by atoms with Crippen LogP contribution >= 0.6 is 0 Å². The summed E-state index contributed by atoms with van der Waals surface area (Å²) in [6, 6.07) is -0.839. The van der Waals surface area contributed by atoms with Gasteiger partial charge in [-0.05, 0) is 25.2 Å². The predicted molar refractivity (Wildman–Crippen MR) is 76.4 cm³/mol. The molecule has 1 aliphatic rings. The van der Waals surface area contributed by atoms with E-state index < -0.39 is 18.1 Å². The second-order valence-corrected chi connectivity index (χ2v) is 5.65. The molecule has 5 nitrogen and oxygen atoms in total. The predicted octanol–water partition coefficient (Wildman–Crippen LogP) is 2.34. The van der Waals surface area contributed by atoms with Crippen molar-refractivity contribution in [3.63, 3.8) is 0 Å². The van der Waals surface area contributed by atoms with Gasteiger partial charge in [0.15, 0.2) is 0 Å². The van der Waals surface area contributed by atoms with Gasteiger partial charge in [0.25, 0.3) is 0 Å². The average molecular weight is 285 g/mol. The van der Waals surface area contributed by atoms with Crippen LogP contribution in [0.1, 0.15) is 59.3 Å². The number of carbonyl (C=O) groups excluding carboxylic acids is 1. The Kier molecular flexibility index (Phi) is 6.99. The first kappa shape index (κ1) is 17.0. The number of aliphatic carboxylic acids is 1. The molecule has 5 heteroatoms. The topological polar surface area (TPSA) is 75.6 Å². The summed E-state index contributed by atoms with van der Waals surface area (Å²) in [5.41, 5.74) is 0. The van der Waals surface area contributed by atoms with Crippen molar-refractivity contribution in [2.24, 2.45) is 5.92 Å². The van der Waals surface area contributed by atoms with Crippen LogP contribution in [0, 0.1) is 5.92 Å². The third-order valence-corrected chi connectivity index (χ3v) is 4.10. The minimum Gasteiger partial charge on any atom is -0.480 e. The Balaban J connectivity index is 2.57. The molecule has 116 valence electrons. The summed E-state index contributed by atoms with van der Waals surface area (Å²) in [7, 11) is 0. The monoisotopic (exact) mass is 285 g/mol. The van der Waals surface area contributed by atoms with Crippen LogP contribution in [0.4, 0.5) is 0 Å². The molecule has 0 aromatic carbocycles. The van der Waals surface area contributed by atoms with Gasteiger partial charge in [0.05, 0.1) is 6.10 Å². The maximum absolute atomic E-state index is 12.2. The van der Waals surface area contributed by atoms with Crippen LogP contribution in [0.25, 0.3) is 0 Å². The summed E-state index contributed by atoms with van der Waals surface area (Å²) in [6.45, 7) is 5.63. The average Bonchev–Trinajstić information content (AvgIpc) is 2.93. The lowest BCUT2D eigenvalue weighted by Gasteiger charge is -2.25. The lowest BCUT2D eigenvalue weighted by atomic mass is 9.99. The summed E-state index contributed by atoms with van der Waals surface area (Å²) in [5.74, 6) is -1.38. The van der Waals surface area contributed by atoms with Crippen molar-refractivity contribution >= 4 is 11.9 Å². The highest BCUT2D eigenvalue weighted by Gasteiger charge is 2.30. The Hall–Kier alpha value is -1.10. The van der Waals surface area contributed by atoms with Gasteiger partial charge in [-0.2, -0.15) is 0 Å². The van der Waals surface area contributed by atoms with Crippen molar-refractivity contribution in [1.29, 1.82) is 0 Å². The normalized spacial score (nSPS) is 20.4. The van der Waals surface area contributed by atoms with E-state index in [1.807, 2.05) is 20.8 Å². The van der Waals surface area contributed by atoms with Crippen molar-refractivity contribution in [3.8, 4) is 0 Å². The smallest absolute Gasteiger partial charge is 0.326 e. The number of carboxylic acid groups (broad SMARTS) is 1. The molecule has 2 N–H and O–H groups in total. The van der Waals surface area contributed by atoms with E-state index in [1.165, 1.54) is 0 Å². The van der Waals surface area contributed by atoms with E-state index >= 15 is 0 Å². The highest BCUT2D eigenvalue weighted by Crippen LogP contribution is 2.23. The van der Waals surface area contributed by atoms with Gasteiger partial charge in [0.2, 0.25) is 5.91 Å². The molecule has 0 bridgehead atoms. The zero-order valence-electron chi connectivity index (χ0n) is 12.7. The number of nitrogens with one attached hydrogen (secondary N) is 1. The van der Waals surface area contributed by atoms with Gasteiger partial charge < -0.3 is 15.2 Å². The second kappa shape index (κ2) is 8.25. The molecule has 1 rings (SSSR count). The molecule has 1 amide bonds. The first-order valence-corrected chi connectivity index (χ1v) is 7.68. The van der Waals surface area contributed by atoms with Gasteiger partial charge in [-0.3, -0.25) is 4.79 Å². The molecule has 0 aromatic rings. The Morgan fingerprint density at radius 3 is 2.30 bits per heavy atom. The zero-order chi connectivity index (χ0) is 15.1. The summed E-state index contributed by atoms with van der Waals surface area (Å²) in [6.07, 6.45) is 5.17. The standard InChI is InChI=1S/C15H27NO4/c1-4-10(3)13(15(18)19)16-14(17)12(5-2)20-11-8-6-7-9-11/h10-13H,4-9H2,1-3H3,(H,16,17)(H,18,19)/t10-,12?,13-/m0/s1. The summed E-state index contributed by atoms with van der Waals surface area (Å²) in [5, 5.41) is 11.8. The van der Waals surface area contributed by atoms with Crippen molar-refractivity contribution < 1.29 is 19.4 Å². The molecule has 0 aliphatic heterocycles. The van der Waals surface area contributed by atoms with Crippen molar-refractivity contribution in [1.82, 2.24) is 5.32 Å². The number of ether oxygens (including phenoxy) is 1. The van der Waals surface area contributed by atoms with Gasteiger partial charge in [-0.25, -0.2) is 4.79 Å². The molecule has 0 spiro atoms. The van der Waals surface area contributed by atoms with E-state index in [0.717, 1.165) is 25.7 Å². The third kappa shape index (κ3) is 4.78. The highest BCUT2D eigenvalue weighted by molar-refractivity contribution is 5.86. The van der Waals surface area contributed by atoms with Crippen molar-refractivity contribution in [2.45, 2.75) is 77.5 Å². The third-order valence-electron chi connectivity index (χ3n) is 4.10. The van der Waals surface area contributed by atoms with Gasteiger partial charge in [0, 0.05) is 0 Å². The van der Waals surface area contributed by atoms with Crippen molar-refractivity contribution in [2.75, 3.05) is 0 Å². The SMILES string of the molecule is CCC(OC1CCCC1)C(=O)N[C@H](C(=O)O)[C@@H](C)CC. The molecule has 1 aliphatic carbocycles.